The summed E-state index contributed by atoms with van der Waals surface area (Å²) in [4.78, 5) is 13.2. The summed E-state index contributed by atoms with van der Waals surface area (Å²) in [5, 5.41) is 0. The first-order valence-electron chi connectivity index (χ1n) is 8.69. The van der Waals surface area contributed by atoms with Gasteiger partial charge in [-0.05, 0) is 54.8 Å². The fourth-order valence-corrected chi connectivity index (χ4v) is 2.97. The number of aliphatic imine (C=N–C) groups is 1. The van der Waals surface area contributed by atoms with Gasteiger partial charge in [-0.1, -0.05) is 32.6 Å². The number of rotatable bonds is 7. The number of allylic oxidation sites excluding steroid dienone is 3. The second-order valence-electron chi connectivity index (χ2n) is 6.37. The molecule has 2 aromatic rings. The van der Waals surface area contributed by atoms with Crippen LogP contribution in [0.4, 0.5) is 0 Å². The summed E-state index contributed by atoms with van der Waals surface area (Å²) >= 11 is 0. The van der Waals surface area contributed by atoms with Crippen molar-refractivity contribution in [2.75, 3.05) is 7.05 Å². The molecule has 0 N–H and O–H groups in total. The Hall–Kier alpha value is -2.55. The van der Waals surface area contributed by atoms with Gasteiger partial charge in [0.25, 0.3) is 0 Å². The topological polar surface area (TPSA) is 38.1 Å². The van der Waals surface area contributed by atoms with Crippen molar-refractivity contribution in [1.82, 2.24) is 9.97 Å². The summed E-state index contributed by atoms with van der Waals surface area (Å²) in [6, 6.07) is 10.4. The van der Waals surface area contributed by atoms with E-state index in [1.54, 1.807) is 13.3 Å². The molecule has 0 aromatic carbocycles. The number of hydrogen-bond donors (Lipinski definition) is 0. The van der Waals surface area contributed by atoms with E-state index < -0.39 is 0 Å². The van der Waals surface area contributed by atoms with Crippen molar-refractivity contribution in [2.45, 2.75) is 38.5 Å². The quantitative estimate of drug-likeness (QED) is 0.521. The summed E-state index contributed by atoms with van der Waals surface area (Å²) in [7, 11) is 1.77. The van der Waals surface area contributed by atoms with Gasteiger partial charge in [0.2, 0.25) is 0 Å². The highest BCUT2D eigenvalue weighted by Gasteiger charge is 2.29. The average Bonchev–Trinajstić information content (AvgIpc) is 2.68. The molecular weight excluding hydrogens is 306 g/mol. The molecule has 0 aliphatic carbocycles. The first-order chi connectivity index (χ1) is 12.1. The highest BCUT2D eigenvalue weighted by Crippen LogP contribution is 2.34. The van der Waals surface area contributed by atoms with E-state index in [1.165, 1.54) is 5.56 Å². The molecule has 0 saturated heterocycles. The monoisotopic (exact) mass is 333 g/mol. The van der Waals surface area contributed by atoms with Gasteiger partial charge in [0, 0.05) is 42.7 Å². The summed E-state index contributed by atoms with van der Waals surface area (Å²) in [5.41, 5.74) is 4.33. The smallest absolute Gasteiger partial charge is 0.0509 e. The Morgan fingerprint density at radius 1 is 1.28 bits per heavy atom. The molecule has 2 aromatic heterocycles. The van der Waals surface area contributed by atoms with E-state index in [9.17, 15) is 0 Å². The van der Waals surface area contributed by atoms with Crippen LogP contribution in [0.15, 0.2) is 72.0 Å². The van der Waals surface area contributed by atoms with Crippen molar-refractivity contribution >= 4 is 6.21 Å². The Morgan fingerprint density at radius 2 is 2.00 bits per heavy atom. The van der Waals surface area contributed by atoms with Crippen molar-refractivity contribution in [3.05, 3.63) is 84.0 Å². The summed E-state index contributed by atoms with van der Waals surface area (Å²) in [5.74, 6) is 0.161. The van der Waals surface area contributed by atoms with E-state index in [4.69, 9.17) is 4.98 Å². The largest absolute Gasteiger partial charge is 0.297 e. The molecule has 0 fully saturated rings. The zero-order chi connectivity index (χ0) is 18.3. The van der Waals surface area contributed by atoms with Crippen molar-refractivity contribution in [3.8, 4) is 0 Å². The molecule has 0 aliphatic rings. The van der Waals surface area contributed by atoms with Gasteiger partial charge in [0.05, 0.1) is 5.69 Å². The molecule has 2 atom stereocenters. The number of pyridine rings is 2. The maximum absolute atomic E-state index is 5.02. The average molecular weight is 333 g/mol. The zero-order valence-electron chi connectivity index (χ0n) is 15.6. The molecular formula is C22H27N3. The summed E-state index contributed by atoms with van der Waals surface area (Å²) in [6.45, 7) is 10.5. The number of aromatic nitrogens is 2. The molecule has 3 heteroatoms. The lowest BCUT2D eigenvalue weighted by Gasteiger charge is -2.29. The Labute approximate surface area is 151 Å². The summed E-state index contributed by atoms with van der Waals surface area (Å²) < 4.78 is 0. The second-order valence-corrected chi connectivity index (χ2v) is 6.37. The van der Waals surface area contributed by atoms with E-state index >= 15 is 0 Å². The van der Waals surface area contributed by atoms with Gasteiger partial charge in [0.15, 0.2) is 0 Å². The molecule has 0 saturated carbocycles. The summed E-state index contributed by atoms with van der Waals surface area (Å²) in [6.07, 6.45) is 10.3. The number of nitrogens with zero attached hydrogens (tertiary/aromatic N) is 3. The van der Waals surface area contributed by atoms with Crippen LogP contribution in [0, 0.1) is 0 Å². The molecule has 25 heavy (non-hydrogen) atoms. The van der Waals surface area contributed by atoms with Gasteiger partial charge >= 0.3 is 0 Å². The van der Waals surface area contributed by atoms with Crippen LogP contribution in [0.5, 0.6) is 0 Å². The van der Waals surface area contributed by atoms with E-state index in [1.807, 2.05) is 24.5 Å². The third kappa shape index (κ3) is 4.11. The Kier molecular flexibility index (Phi) is 6.40. The van der Waals surface area contributed by atoms with Gasteiger partial charge in [-0.25, -0.2) is 0 Å². The van der Waals surface area contributed by atoms with Gasteiger partial charge in [-0.3, -0.25) is 15.0 Å². The third-order valence-electron chi connectivity index (χ3n) is 4.96. The minimum Gasteiger partial charge on any atom is -0.297 e. The second kappa shape index (κ2) is 8.52. The standard InChI is InChI=1S/C22H27N3/c1-6-18(11-14-23-5)17(3)20-9-8-10-21(25-20)22(4,7-2)19-12-15-24-16-13-19/h6,8-17H,1,7H2,2-5H3/b18-11+,23-14?. The van der Waals surface area contributed by atoms with Crippen molar-refractivity contribution in [2.24, 2.45) is 4.99 Å². The van der Waals surface area contributed by atoms with Crippen molar-refractivity contribution < 1.29 is 0 Å². The van der Waals surface area contributed by atoms with Gasteiger partial charge < -0.3 is 0 Å². The third-order valence-corrected chi connectivity index (χ3v) is 4.96. The van der Waals surface area contributed by atoms with E-state index in [0.29, 0.717) is 0 Å². The lowest BCUT2D eigenvalue weighted by atomic mass is 9.77. The Balaban J connectivity index is 2.45. The van der Waals surface area contributed by atoms with Crippen LogP contribution in [0.2, 0.25) is 0 Å². The Morgan fingerprint density at radius 3 is 2.60 bits per heavy atom. The van der Waals surface area contributed by atoms with Crippen LogP contribution < -0.4 is 0 Å². The van der Waals surface area contributed by atoms with Crippen LogP contribution in [0.1, 0.15) is 50.1 Å². The van der Waals surface area contributed by atoms with Gasteiger partial charge in [0.1, 0.15) is 0 Å². The molecule has 130 valence electrons. The molecule has 0 bridgehead atoms. The van der Waals surface area contributed by atoms with Crippen LogP contribution in [0.3, 0.4) is 0 Å². The maximum Gasteiger partial charge on any atom is 0.0509 e. The van der Waals surface area contributed by atoms with E-state index in [2.05, 4.69) is 67.7 Å². The predicted molar refractivity (Wildman–Crippen MR) is 106 cm³/mol. The fraction of sp³-hybridized carbons (Fsp3) is 0.318. The molecule has 2 rings (SSSR count). The van der Waals surface area contributed by atoms with Crippen LogP contribution >= 0.6 is 0 Å². The zero-order valence-corrected chi connectivity index (χ0v) is 15.6. The molecule has 0 aliphatic heterocycles. The molecule has 2 unspecified atom stereocenters. The minimum atomic E-state index is -0.137. The lowest BCUT2D eigenvalue weighted by Crippen LogP contribution is -2.24. The van der Waals surface area contributed by atoms with Crippen LogP contribution in [-0.2, 0) is 5.41 Å². The Bertz CT molecular complexity index is 762. The lowest BCUT2D eigenvalue weighted by molar-refractivity contribution is 0.528. The van der Waals surface area contributed by atoms with E-state index in [-0.39, 0.29) is 11.3 Å². The fourth-order valence-electron chi connectivity index (χ4n) is 2.97. The molecule has 3 nitrogen and oxygen atoms in total. The van der Waals surface area contributed by atoms with Crippen molar-refractivity contribution in [3.63, 3.8) is 0 Å². The molecule has 0 spiro atoms. The SMILES string of the molecule is C=C/C(=C\C=NC)C(C)c1cccc(C(C)(CC)c2ccncc2)n1. The predicted octanol–water partition coefficient (Wildman–Crippen LogP) is 5.11. The molecule has 2 heterocycles. The van der Waals surface area contributed by atoms with Crippen molar-refractivity contribution in [1.29, 1.82) is 0 Å². The maximum atomic E-state index is 5.02. The van der Waals surface area contributed by atoms with Crippen LogP contribution in [0.25, 0.3) is 0 Å². The highest BCUT2D eigenvalue weighted by atomic mass is 14.7. The number of hydrogen-bond acceptors (Lipinski definition) is 3. The minimum absolute atomic E-state index is 0.137. The molecule has 0 radical (unpaired) electrons. The van der Waals surface area contributed by atoms with Crippen LogP contribution in [-0.4, -0.2) is 23.2 Å². The molecule has 0 amide bonds. The van der Waals surface area contributed by atoms with Gasteiger partial charge in [-0.2, -0.15) is 0 Å². The normalized spacial score (nSPS) is 15.8. The highest BCUT2D eigenvalue weighted by molar-refractivity contribution is 5.73. The van der Waals surface area contributed by atoms with Gasteiger partial charge in [-0.15, -0.1) is 0 Å². The first-order valence-corrected chi connectivity index (χ1v) is 8.69. The van der Waals surface area contributed by atoms with E-state index in [0.717, 1.165) is 23.4 Å². The first kappa shape index (κ1) is 18.8.